The minimum Gasteiger partial charge on any atom is -0.491 e. The number of fused-ring (bicyclic) bond motifs is 1. The van der Waals surface area contributed by atoms with Gasteiger partial charge in [-0.25, -0.2) is 4.79 Å². The van der Waals surface area contributed by atoms with Gasteiger partial charge in [0, 0.05) is 56.9 Å². The smallest absolute Gasteiger partial charge is 0.317 e. The molecule has 0 saturated heterocycles. The number of benzene rings is 1. The highest BCUT2D eigenvalue weighted by Gasteiger charge is 2.31. The predicted molar refractivity (Wildman–Crippen MR) is 135 cm³/mol. The fourth-order valence-corrected chi connectivity index (χ4v) is 4.38. The van der Waals surface area contributed by atoms with Crippen molar-refractivity contribution in [1.29, 1.82) is 0 Å². The fraction of sp³-hybridized carbons (Fsp3) is 0.654. The molecule has 3 atom stereocenters. The topological polar surface area (TPSA) is 100 Å². The molecule has 0 unspecified atom stereocenters. The van der Waals surface area contributed by atoms with Crippen molar-refractivity contribution < 1.29 is 23.9 Å². The van der Waals surface area contributed by atoms with Gasteiger partial charge in [-0.15, -0.1) is 0 Å². The Hall–Kier alpha value is -2.81. The van der Waals surface area contributed by atoms with Crippen molar-refractivity contribution in [2.24, 2.45) is 11.8 Å². The number of likely N-dealkylation sites (N-methyl/N-ethyl adjacent to an activating group) is 1. The Morgan fingerprint density at radius 2 is 1.89 bits per heavy atom. The molecule has 1 saturated carbocycles. The van der Waals surface area contributed by atoms with E-state index in [1.807, 2.05) is 27.7 Å². The number of hydrogen-bond acceptors (Lipinski definition) is 5. The summed E-state index contributed by atoms with van der Waals surface area (Å²) in [6, 6.07) is 4.69. The van der Waals surface area contributed by atoms with Crippen molar-refractivity contribution in [3.05, 3.63) is 23.8 Å². The highest BCUT2D eigenvalue weighted by molar-refractivity contribution is 5.99. The molecule has 1 aromatic carbocycles. The molecule has 9 nitrogen and oxygen atoms in total. The second-order valence-corrected chi connectivity index (χ2v) is 10.2. The van der Waals surface area contributed by atoms with Crippen LogP contribution < -0.4 is 15.4 Å². The standard InChI is InChI=1S/C26H40N4O5/c1-16(2)27-26(33)30-13-17(3)23(34-6)14-29(5)25(32)21-11-10-20(12-22(21)35-15-18(30)4)28-24(31)19-8-7-9-19/h10-12,16-19,23H,7-9,13-15H2,1-6H3,(H,27,33)(H,28,31)/t17-,18+,23+/m1/s1. The van der Waals surface area contributed by atoms with E-state index in [2.05, 4.69) is 10.6 Å². The summed E-state index contributed by atoms with van der Waals surface area (Å²) in [5.41, 5.74) is 0.997. The molecular formula is C26H40N4O5. The molecule has 1 aliphatic heterocycles. The zero-order valence-corrected chi connectivity index (χ0v) is 21.8. The SMILES string of the molecule is CO[C@H]1CN(C)C(=O)c2ccc(NC(=O)C3CCC3)cc2OC[C@H](C)N(C(=O)NC(C)C)C[C@H]1C. The average molecular weight is 489 g/mol. The Labute approximate surface area is 208 Å². The second-order valence-electron chi connectivity index (χ2n) is 10.2. The van der Waals surface area contributed by atoms with Gasteiger partial charge in [-0.3, -0.25) is 9.59 Å². The Balaban J connectivity index is 1.91. The summed E-state index contributed by atoms with van der Waals surface area (Å²) in [6.45, 7) is 8.81. The van der Waals surface area contributed by atoms with Crippen LogP contribution in [0, 0.1) is 11.8 Å². The van der Waals surface area contributed by atoms with Crippen molar-refractivity contribution >= 4 is 23.5 Å². The maximum atomic E-state index is 13.3. The third-order valence-electron chi connectivity index (χ3n) is 6.86. The first-order chi connectivity index (χ1) is 16.6. The van der Waals surface area contributed by atoms with Gasteiger partial charge in [0.2, 0.25) is 5.91 Å². The van der Waals surface area contributed by atoms with Crippen LogP contribution in [0.3, 0.4) is 0 Å². The van der Waals surface area contributed by atoms with Gasteiger partial charge in [-0.2, -0.15) is 0 Å². The number of nitrogens with zero attached hydrogens (tertiary/aromatic N) is 2. The lowest BCUT2D eigenvalue weighted by Gasteiger charge is -2.36. The number of urea groups is 1. The summed E-state index contributed by atoms with van der Waals surface area (Å²) >= 11 is 0. The van der Waals surface area contributed by atoms with Crippen LogP contribution in [-0.2, 0) is 9.53 Å². The summed E-state index contributed by atoms with van der Waals surface area (Å²) in [6.07, 6.45) is 2.63. The number of anilines is 1. The molecule has 1 aromatic rings. The molecule has 1 aliphatic carbocycles. The van der Waals surface area contributed by atoms with Gasteiger partial charge in [0.25, 0.3) is 5.91 Å². The summed E-state index contributed by atoms with van der Waals surface area (Å²) in [7, 11) is 3.36. The van der Waals surface area contributed by atoms with Crippen molar-refractivity contribution in [2.45, 2.75) is 65.1 Å². The van der Waals surface area contributed by atoms with Gasteiger partial charge in [-0.05, 0) is 45.7 Å². The third-order valence-corrected chi connectivity index (χ3v) is 6.86. The van der Waals surface area contributed by atoms with Gasteiger partial charge in [0.05, 0.1) is 17.7 Å². The van der Waals surface area contributed by atoms with E-state index in [0.717, 1.165) is 19.3 Å². The number of ether oxygens (including phenoxy) is 2. The van der Waals surface area contributed by atoms with E-state index in [4.69, 9.17) is 9.47 Å². The largest absolute Gasteiger partial charge is 0.491 e. The van der Waals surface area contributed by atoms with Crippen LogP contribution >= 0.6 is 0 Å². The Bertz CT molecular complexity index is 917. The first kappa shape index (κ1) is 26.8. The van der Waals surface area contributed by atoms with Gasteiger partial charge in [0.1, 0.15) is 12.4 Å². The number of rotatable bonds is 4. The second kappa shape index (κ2) is 11.7. The first-order valence-electron chi connectivity index (χ1n) is 12.5. The van der Waals surface area contributed by atoms with Gasteiger partial charge in [-0.1, -0.05) is 13.3 Å². The van der Waals surface area contributed by atoms with Crippen molar-refractivity contribution in [3.8, 4) is 5.75 Å². The molecular weight excluding hydrogens is 448 g/mol. The van der Waals surface area contributed by atoms with E-state index in [9.17, 15) is 14.4 Å². The summed E-state index contributed by atoms with van der Waals surface area (Å²) in [5.74, 6) is 0.222. The van der Waals surface area contributed by atoms with Crippen molar-refractivity contribution in [1.82, 2.24) is 15.1 Å². The summed E-state index contributed by atoms with van der Waals surface area (Å²) in [4.78, 5) is 42.2. The van der Waals surface area contributed by atoms with Gasteiger partial charge in [0.15, 0.2) is 0 Å². The van der Waals surface area contributed by atoms with E-state index >= 15 is 0 Å². The molecule has 0 bridgehead atoms. The molecule has 194 valence electrons. The quantitative estimate of drug-likeness (QED) is 0.677. The highest BCUT2D eigenvalue weighted by atomic mass is 16.5. The monoisotopic (exact) mass is 488 g/mol. The summed E-state index contributed by atoms with van der Waals surface area (Å²) < 4.78 is 11.9. The lowest BCUT2D eigenvalue weighted by molar-refractivity contribution is -0.122. The number of amides is 4. The Morgan fingerprint density at radius 1 is 1.17 bits per heavy atom. The van der Waals surface area contributed by atoms with E-state index in [0.29, 0.717) is 30.1 Å². The molecule has 0 spiro atoms. The van der Waals surface area contributed by atoms with Crippen molar-refractivity contribution in [2.75, 3.05) is 39.2 Å². The molecule has 2 aliphatic rings. The molecule has 1 heterocycles. The molecule has 2 N–H and O–H groups in total. The Morgan fingerprint density at radius 3 is 2.49 bits per heavy atom. The van der Waals surface area contributed by atoms with Gasteiger partial charge < -0.3 is 29.9 Å². The number of methoxy groups -OCH3 is 1. The maximum Gasteiger partial charge on any atom is 0.317 e. The van der Waals surface area contributed by atoms with Crippen LogP contribution in [0.2, 0.25) is 0 Å². The third kappa shape index (κ3) is 6.66. The number of carbonyl (C=O) groups is 3. The van der Waals surface area contributed by atoms with Crippen molar-refractivity contribution in [3.63, 3.8) is 0 Å². The molecule has 1 fully saturated rings. The van der Waals surface area contributed by atoms with E-state index < -0.39 is 0 Å². The minimum atomic E-state index is -0.262. The van der Waals surface area contributed by atoms with Crippen LogP contribution in [0.4, 0.5) is 10.5 Å². The molecule has 0 radical (unpaired) electrons. The zero-order valence-electron chi connectivity index (χ0n) is 21.8. The molecule has 4 amide bonds. The predicted octanol–water partition coefficient (Wildman–Crippen LogP) is 3.35. The molecule has 35 heavy (non-hydrogen) atoms. The minimum absolute atomic E-state index is 0.00292. The number of hydrogen-bond donors (Lipinski definition) is 2. The van der Waals surface area contributed by atoms with Crippen LogP contribution in [0.25, 0.3) is 0 Å². The lowest BCUT2D eigenvalue weighted by Crippen LogP contribution is -2.52. The van der Waals surface area contributed by atoms with Crippen LogP contribution in [0.15, 0.2) is 18.2 Å². The average Bonchev–Trinajstić information content (AvgIpc) is 2.76. The van der Waals surface area contributed by atoms with Crippen LogP contribution in [0.5, 0.6) is 5.75 Å². The normalized spacial score (nSPS) is 24.0. The summed E-state index contributed by atoms with van der Waals surface area (Å²) in [5, 5.41) is 5.92. The van der Waals surface area contributed by atoms with Crippen LogP contribution in [0.1, 0.15) is 57.3 Å². The molecule has 9 heteroatoms. The van der Waals surface area contributed by atoms with E-state index in [1.165, 1.54) is 0 Å². The van der Waals surface area contributed by atoms with Crippen LogP contribution in [-0.4, -0.2) is 79.7 Å². The number of nitrogens with one attached hydrogen (secondary N) is 2. The van der Waals surface area contributed by atoms with E-state index in [1.54, 1.807) is 42.2 Å². The van der Waals surface area contributed by atoms with Gasteiger partial charge >= 0.3 is 6.03 Å². The number of carbonyl (C=O) groups excluding carboxylic acids is 3. The lowest BCUT2D eigenvalue weighted by atomic mass is 9.85. The maximum absolute atomic E-state index is 13.3. The first-order valence-corrected chi connectivity index (χ1v) is 12.5. The fourth-order valence-electron chi connectivity index (χ4n) is 4.38. The molecule has 3 rings (SSSR count). The highest BCUT2D eigenvalue weighted by Crippen LogP contribution is 2.30. The van der Waals surface area contributed by atoms with E-state index in [-0.39, 0.29) is 54.5 Å². The Kier molecular flexibility index (Phi) is 8.99. The zero-order chi connectivity index (χ0) is 25.7. The molecule has 0 aromatic heterocycles.